The Balaban J connectivity index is 1.67. The summed E-state index contributed by atoms with van der Waals surface area (Å²) in [6.45, 7) is -0.677. The Morgan fingerprint density at radius 3 is 2.07 bits per heavy atom. The molecule has 1 aliphatic heterocycles. The van der Waals surface area contributed by atoms with Gasteiger partial charge in [-0.05, 0) is 47.5 Å². The summed E-state index contributed by atoms with van der Waals surface area (Å²) in [5.41, 5.74) is 3.71. The summed E-state index contributed by atoms with van der Waals surface area (Å²) in [7, 11) is 0. The van der Waals surface area contributed by atoms with Crippen molar-refractivity contribution in [1.29, 1.82) is 0 Å². The second kappa shape index (κ2) is 8.05. The molecule has 0 saturated carbocycles. The van der Waals surface area contributed by atoms with E-state index in [2.05, 4.69) is 5.32 Å². The maximum absolute atomic E-state index is 12.9. The van der Waals surface area contributed by atoms with E-state index in [1.165, 1.54) is 0 Å². The zero-order chi connectivity index (χ0) is 21.1. The van der Waals surface area contributed by atoms with Crippen molar-refractivity contribution in [3.8, 4) is 0 Å². The highest BCUT2D eigenvalue weighted by Crippen LogP contribution is 2.30. The summed E-state index contributed by atoms with van der Waals surface area (Å²) < 4.78 is 0. The number of amides is 2. The lowest BCUT2D eigenvalue weighted by Gasteiger charge is -2.27. The van der Waals surface area contributed by atoms with Gasteiger partial charge in [-0.3, -0.25) is 19.3 Å². The van der Waals surface area contributed by atoms with Crippen molar-refractivity contribution in [3.05, 3.63) is 95.6 Å². The molecule has 3 aromatic carbocycles. The minimum absolute atomic E-state index is 0.287. The molecule has 0 spiro atoms. The zero-order valence-electron chi connectivity index (χ0n) is 15.9. The monoisotopic (exact) mass is 398 g/mol. The summed E-state index contributed by atoms with van der Waals surface area (Å²) >= 11 is 0. The Labute approximate surface area is 173 Å². The molecular formula is C24H18N2O4. The summed E-state index contributed by atoms with van der Waals surface area (Å²) in [5, 5.41) is 12.4. The molecule has 1 aliphatic rings. The number of carboxylic acids is 1. The van der Waals surface area contributed by atoms with E-state index in [0.29, 0.717) is 11.1 Å². The van der Waals surface area contributed by atoms with Gasteiger partial charge in [-0.2, -0.15) is 0 Å². The number of carboxylic acid groups (broad SMARTS) is 1. The molecule has 6 nitrogen and oxygen atoms in total. The molecule has 2 amide bonds. The number of carbonyl (C=O) groups excluding carboxylic acids is 2. The second-order valence-electron chi connectivity index (χ2n) is 6.81. The molecule has 0 fully saturated rings. The maximum Gasteiger partial charge on any atom is 0.323 e. The van der Waals surface area contributed by atoms with E-state index >= 15 is 0 Å². The second-order valence-corrected chi connectivity index (χ2v) is 6.81. The van der Waals surface area contributed by atoms with Crippen molar-refractivity contribution in [2.24, 2.45) is 0 Å². The molecule has 0 bridgehead atoms. The van der Waals surface area contributed by atoms with E-state index in [1.54, 1.807) is 30.3 Å². The Morgan fingerprint density at radius 2 is 1.40 bits per heavy atom. The summed E-state index contributed by atoms with van der Waals surface area (Å²) in [5.74, 6) is -2.46. The van der Waals surface area contributed by atoms with Crippen LogP contribution in [0, 0.1) is 0 Å². The summed E-state index contributed by atoms with van der Waals surface area (Å²) in [4.78, 5) is 37.4. The van der Waals surface area contributed by atoms with E-state index in [0.717, 1.165) is 21.8 Å². The average Bonchev–Trinajstić information content (AvgIpc) is 2.76. The van der Waals surface area contributed by atoms with Crippen LogP contribution in [-0.4, -0.2) is 34.3 Å². The number of hydrogen-bond donors (Lipinski definition) is 2. The molecule has 6 heteroatoms. The van der Waals surface area contributed by atoms with Crippen molar-refractivity contribution >= 4 is 40.8 Å². The molecule has 4 rings (SSSR count). The molecule has 0 unspecified atom stereocenters. The predicted octanol–water partition coefficient (Wildman–Crippen LogP) is 4.04. The van der Waals surface area contributed by atoms with Gasteiger partial charge in [-0.1, -0.05) is 48.5 Å². The SMILES string of the molecule is O=C(O)CN1C(=O)/C(=C\c2ccc(Nc3ccccc3)cc2)c2ccccc2C1=O. The lowest BCUT2D eigenvalue weighted by Crippen LogP contribution is -2.44. The third-order valence-electron chi connectivity index (χ3n) is 4.75. The normalized spacial score (nSPS) is 14.5. The highest BCUT2D eigenvalue weighted by Gasteiger charge is 2.35. The van der Waals surface area contributed by atoms with Gasteiger partial charge >= 0.3 is 5.97 Å². The van der Waals surface area contributed by atoms with Crippen LogP contribution in [0.2, 0.25) is 0 Å². The number of benzene rings is 3. The number of rotatable bonds is 5. The molecule has 3 aromatic rings. The van der Waals surface area contributed by atoms with Gasteiger partial charge in [0.05, 0.1) is 0 Å². The molecule has 148 valence electrons. The number of hydrogen-bond acceptors (Lipinski definition) is 4. The molecule has 0 saturated heterocycles. The highest BCUT2D eigenvalue weighted by atomic mass is 16.4. The number of aliphatic carboxylic acids is 1. The topological polar surface area (TPSA) is 86.7 Å². The first-order valence-electron chi connectivity index (χ1n) is 9.34. The molecule has 0 radical (unpaired) electrons. The molecule has 1 heterocycles. The number of para-hydroxylation sites is 1. The third-order valence-corrected chi connectivity index (χ3v) is 4.75. The Hall–Kier alpha value is -4.19. The molecule has 30 heavy (non-hydrogen) atoms. The van der Waals surface area contributed by atoms with Crippen molar-refractivity contribution in [2.75, 3.05) is 11.9 Å². The fourth-order valence-corrected chi connectivity index (χ4v) is 3.34. The molecule has 0 aromatic heterocycles. The zero-order valence-corrected chi connectivity index (χ0v) is 15.9. The Morgan fingerprint density at radius 1 is 0.800 bits per heavy atom. The van der Waals surface area contributed by atoms with Crippen LogP contribution >= 0.6 is 0 Å². The number of carbonyl (C=O) groups is 3. The fraction of sp³-hybridized carbons (Fsp3) is 0.0417. The quantitative estimate of drug-likeness (QED) is 0.500. The van der Waals surface area contributed by atoms with Crippen LogP contribution in [0.15, 0.2) is 78.9 Å². The largest absolute Gasteiger partial charge is 0.480 e. The van der Waals surface area contributed by atoms with Crippen molar-refractivity contribution < 1.29 is 19.5 Å². The first-order valence-corrected chi connectivity index (χ1v) is 9.34. The first kappa shape index (κ1) is 19.1. The predicted molar refractivity (Wildman–Crippen MR) is 114 cm³/mol. The Kier molecular flexibility index (Phi) is 5.13. The third kappa shape index (κ3) is 3.84. The molecular weight excluding hydrogens is 380 g/mol. The van der Waals surface area contributed by atoms with Gasteiger partial charge in [0.15, 0.2) is 0 Å². The number of fused-ring (bicyclic) bond motifs is 1. The van der Waals surface area contributed by atoms with E-state index < -0.39 is 24.3 Å². The van der Waals surface area contributed by atoms with E-state index in [4.69, 9.17) is 5.11 Å². The number of nitrogens with one attached hydrogen (secondary N) is 1. The van der Waals surface area contributed by atoms with Crippen LogP contribution < -0.4 is 5.32 Å². The molecule has 0 atom stereocenters. The highest BCUT2D eigenvalue weighted by molar-refractivity contribution is 6.34. The number of anilines is 2. The van der Waals surface area contributed by atoms with Crippen LogP contribution in [0.25, 0.3) is 11.6 Å². The average molecular weight is 398 g/mol. The summed E-state index contributed by atoms with van der Waals surface area (Å²) in [6.07, 6.45) is 1.68. The lowest BCUT2D eigenvalue weighted by molar-refractivity contribution is -0.141. The van der Waals surface area contributed by atoms with Gasteiger partial charge in [-0.25, -0.2) is 0 Å². The van der Waals surface area contributed by atoms with E-state index in [1.807, 2.05) is 54.6 Å². The van der Waals surface area contributed by atoms with Crippen LogP contribution in [0.1, 0.15) is 21.5 Å². The molecule has 0 aliphatic carbocycles. The van der Waals surface area contributed by atoms with Crippen molar-refractivity contribution in [1.82, 2.24) is 4.90 Å². The van der Waals surface area contributed by atoms with E-state index in [-0.39, 0.29) is 5.57 Å². The number of imide groups is 1. The minimum Gasteiger partial charge on any atom is -0.480 e. The molecule has 2 N–H and O–H groups in total. The fourth-order valence-electron chi connectivity index (χ4n) is 3.34. The smallest absolute Gasteiger partial charge is 0.323 e. The van der Waals surface area contributed by atoms with Crippen LogP contribution in [0.3, 0.4) is 0 Å². The van der Waals surface area contributed by atoms with Gasteiger partial charge in [0.1, 0.15) is 6.54 Å². The van der Waals surface area contributed by atoms with Gasteiger partial charge < -0.3 is 10.4 Å². The maximum atomic E-state index is 12.9. The van der Waals surface area contributed by atoms with E-state index in [9.17, 15) is 14.4 Å². The van der Waals surface area contributed by atoms with Gasteiger partial charge in [0.2, 0.25) is 0 Å². The van der Waals surface area contributed by atoms with Gasteiger partial charge in [0, 0.05) is 22.5 Å². The van der Waals surface area contributed by atoms with Crippen molar-refractivity contribution in [2.45, 2.75) is 0 Å². The van der Waals surface area contributed by atoms with Crippen LogP contribution in [0.4, 0.5) is 11.4 Å². The lowest BCUT2D eigenvalue weighted by atomic mass is 9.92. The van der Waals surface area contributed by atoms with Crippen LogP contribution in [0.5, 0.6) is 0 Å². The minimum atomic E-state index is -1.24. The first-order chi connectivity index (χ1) is 14.5. The van der Waals surface area contributed by atoms with Crippen molar-refractivity contribution in [3.63, 3.8) is 0 Å². The number of nitrogens with zero attached hydrogens (tertiary/aromatic N) is 1. The van der Waals surface area contributed by atoms with Gasteiger partial charge in [-0.15, -0.1) is 0 Å². The Bertz CT molecular complexity index is 1150. The van der Waals surface area contributed by atoms with Crippen LogP contribution in [-0.2, 0) is 9.59 Å². The van der Waals surface area contributed by atoms with Gasteiger partial charge in [0.25, 0.3) is 11.8 Å². The standard InChI is InChI=1S/C24H18N2O4/c27-22(28)15-26-23(29)20-9-5-4-8-19(20)21(24(26)30)14-16-10-12-18(13-11-16)25-17-6-2-1-3-7-17/h1-14,25H,15H2,(H,27,28)/b21-14-. The summed E-state index contributed by atoms with van der Waals surface area (Å²) in [6, 6.07) is 24.0.